The highest BCUT2D eigenvalue weighted by Crippen LogP contribution is 2.22. The molecule has 0 spiro atoms. The van der Waals surface area contributed by atoms with Crippen LogP contribution in [0.5, 0.6) is 0 Å². The summed E-state index contributed by atoms with van der Waals surface area (Å²) in [7, 11) is 0. The second-order valence-electron chi connectivity index (χ2n) is 7.31. The van der Waals surface area contributed by atoms with Crippen molar-refractivity contribution < 1.29 is 9.32 Å². The van der Waals surface area contributed by atoms with Crippen molar-refractivity contribution in [2.75, 3.05) is 5.32 Å². The molecule has 0 radical (unpaired) electrons. The zero-order valence-electron chi connectivity index (χ0n) is 17.2. The Labute approximate surface area is 179 Å². The van der Waals surface area contributed by atoms with Gasteiger partial charge in [-0.25, -0.2) is 0 Å². The van der Waals surface area contributed by atoms with Gasteiger partial charge in [-0.05, 0) is 80.3 Å². The zero-order valence-corrected chi connectivity index (χ0v) is 18.0. The second-order valence-corrected chi connectivity index (χ2v) is 8.60. The van der Waals surface area contributed by atoms with E-state index in [4.69, 9.17) is 4.52 Å². The Morgan fingerprint density at radius 1 is 1.00 bits per heavy atom. The summed E-state index contributed by atoms with van der Waals surface area (Å²) in [6.45, 7) is 6.25. The van der Waals surface area contributed by atoms with E-state index >= 15 is 0 Å². The number of nitrogens with zero attached hydrogens (tertiary/aromatic N) is 2. The maximum Gasteiger partial charge on any atom is 0.265 e. The summed E-state index contributed by atoms with van der Waals surface area (Å²) in [5.74, 6) is 1.07. The Morgan fingerprint density at radius 2 is 1.80 bits per heavy atom. The van der Waals surface area contributed by atoms with Crippen molar-refractivity contribution in [2.24, 2.45) is 0 Å². The van der Waals surface area contributed by atoms with Gasteiger partial charge in [0.25, 0.3) is 5.91 Å². The molecule has 2 heterocycles. The van der Waals surface area contributed by atoms with Crippen LogP contribution in [0.15, 0.2) is 59.1 Å². The van der Waals surface area contributed by atoms with Gasteiger partial charge in [0.15, 0.2) is 0 Å². The molecule has 0 bridgehead atoms. The normalized spacial score (nSPS) is 10.9. The molecule has 2 aromatic carbocycles. The summed E-state index contributed by atoms with van der Waals surface area (Å²) in [6.07, 6.45) is 1.56. The van der Waals surface area contributed by atoms with E-state index in [0.717, 1.165) is 22.5 Å². The van der Waals surface area contributed by atoms with E-state index in [-0.39, 0.29) is 5.91 Å². The monoisotopic (exact) mass is 417 g/mol. The number of carbonyl (C=O) groups excluding carboxylic acids is 1. The van der Waals surface area contributed by atoms with Gasteiger partial charge >= 0.3 is 0 Å². The number of aromatic nitrogens is 2. The van der Waals surface area contributed by atoms with Crippen molar-refractivity contribution >= 4 is 22.9 Å². The van der Waals surface area contributed by atoms with E-state index in [9.17, 15) is 4.79 Å². The van der Waals surface area contributed by atoms with Gasteiger partial charge in [-0.1, -0.05) is 23.4 Å². The second kappa shape index (κ2) is 8.63. The fourth-order valence-electron chi connectivity index (χ4n) is 3.25. The summed E-state index contributed by atoms with van der Waals surface area (Å²) < 4.78 is 5.44. The third kappa shape index (κ3) is 4.49. The van der Waals surface area contributed by atoms with Crippen LogP contribution in [-0.4, -0.2) is 16.0 Å². The molecule has 4 aromatic rings. The van der Waals surface area contributed by atoms with Crippen molar-refractivity contribution in [3.8, 4) is 11.4 Å². The molecule has 5 nitrogen and oxygen atoms in total. The highest BCUT2D eigenvalue weighted by molar-refractivity contribution is 7.14. The van der Waals surface area contributed by atoms with Gasteiger partial charge in [0, 0.05) is 22.5 Å². The van der Waals surface area contributed by atoms with Crippen LogP contribution in [0.3, 0.4) is 0 Å². The molecule has 1 amide bonds. The molecular weight excluding hydrogens is 394 g/mol. The Bertz CT molecular complexity index is 1180. The average molecular weight is 418 g/mol. The molecule has 152 valence electrons. The number of carbonyl (C=O) groups is 1. The van der Waals surface area contributed by atoms with Crippen molar-refractivity contribution in [1.29, 1.82) is 0 Å². The molecule has 30 heavy (non-hydrogen) atoms. The number of aryl methyl sites for hydroxylation is 4. The van der Waals surface area contributed by atoms with Crippen molar-refractivity contribution in [2.45, 2.75) is 33.6 Å². The molecule has 0 atom stereocenters. The van der Waals surface area contributed by atoms with Gasteiger partial charge < -0.3 is 9.84 Å². The van der Waals surface area contributed by atoms with Crippen LogP contribution < -0.4 is 5.32 Å². The smallest absolute Gasteiger partial charge is 0.265 e. The first kappa shape index (κ1) is 20.0. The molecule has 1 N–H and O–H groups in total. The minimum atomic E-state index is -0.103. The summed E-state index contributed by atoms with van der Waals surface area (Å²) >= 11 is 1.48. The van der Waals surface area contributed by atoms with E-state index in [1.54, 1.807) is 0 Å². The van der Waals surface area contributed by atoms with Crippen LogP contribution in [0.25, 0.3) is 11.4 Å². The summed E-state index contributed by atoms with van der Waals surface area (Å²) in [4.78, 5) is 18.6. The minimum absolute atomic E-state index is 0.103. The molecule has 0 saturated carbocycles. The fourth-order valence-corrected chi connectivity index (χ4v) is 4.01. The van der Waals surface area contributed by atoms with Crippen LogP contribution in [0, 0.1) is 20.8 Å². The van der Waals surface area contributed by atoms with Crippen LogP contribution >= 0.6 is 11.3 Å². The number of nitrogens with one attached hydrogen (secondary N) is 1. The first-order chi connectivity index (χ1) is 14.5. The third-order valence-corrected chi connectivity index (χ3v) is 6.16. The Morgan fingerprint density at radius 3 is 2.53 bits per heavy atom. The minimum Gasteiger partial charge on any atom is -0.339 e. The van der Waals surface area contributed by atoms with E-state index in [1.165, 1.54) is 28.0 Å². The Hall–Kier alpha value is -3.25. The third-order valence-electron chi connectivity index (χ3n) is 5.16. The van der Waals surface area contributed by atoms with E-state index in [1.807, 2.05) is 43.3 Å². The number of hydrogen-bond donors (Lipinski definition) is 1. The highest BCUT2D eigenvalue weighted by Gasteiger charge is 2.12. The Balaban J connectivity index is 1.39. The van der Waals surface area contributed by atoms with Crippen molar-refractivity contribution in [3.63, 3.8) is 0 Å². The summed E-state index contributed by atoms with van der Waals surface area (Å²) in [5, 5.41) is 7.02. The lowest BCUT2D eigenvalue weighted by Crippen LogP contribution is -2.09. The van der Waals surface area contributed by atoms with Crippen LogP contribution in [0.2, 0.25) is 0 Å². The van der Waals surface area contributed by atoms with Gasteiger partial charge in [0.1, 0.15) is 0 Å². The molecule has 0 fully saturated rings. The quantitative estimate of drug-likeness (QED) is 0.433. The molecule has 0 aliphatic heterocycles. The molecular formula is C24H23N3O2S. The molecule has 6 heteroatoms. The summed E-state index contributed by atoms with van der Waals surface area (Å²) in [5.41, 5.74) is 5.48. The topological polar surface area (TPSA) is 68.0 Å². The van der Waals surface area contributed by atoms with Gasteiger partial charge in [-0.3, -0.25) is 4.79 Å². The molecule has 0 aliphatic carbocycles. The number of amides is 1. The highest BCUT2D eigenvalue weighted by atomic mass is 32.1. The van der Waals surface area contributed by atoms with Crippen LogP contribution in [0.1, 0.15) is 37.1 Å². The van der Waals surface area contributed by atoms with Crippen molar-refractivity contribution in [3.05, 3.63) is 86.9 Å². The van der Waals surface area contributed by atoms with E-state index in [0.29, 0.717) is 23.0 Å². The zero-order chi connectivity index (χ0) is 21.1. The lowest BCUT2D eigenvalue weighted by Gasteiger charge is -2.06. The van der Waals surface area contributed by atoms with Crippen LogP contribution in [0.4, 0.5) is 5.69 Å². The fraction of sp³-hybridized carbons (Fsp3) is 0.208. The van der Waals surface area contributed by atoms with Crippen molar-refractivity contribution in [1.82, 2.24) is 10.1 Å². The number of anilines is 1. The number of hydrogen-bond acceptors (Lipinski definition) is 5. The van der Waals surface area contributed by atoms with Gasteiger partial charge in [0.05, 0.1) is 4.88 Å². The molecule has 0 aliphatic rings. The molecule has 0 unspecified atom stereocenters. The lowest BCUT2D eigenvalue weighted by molar-refractivity contribution is 0.103. The predicted octanol–water partition coefficient (Wildman–Crippen LogP) is 5.76. The Kier molecular flexibility index (Phi) is 5.77. The maximum absolute atomic E-state index is 12.3. The standard InChI is InChI=1S/C24H23N3O2S/c1-15-5-4-6-18(17(15)3)10-14-22-26-23(27-29-22)19-8-11-20(12-9-19)25-24(28)21-13-7-16(2)30-21/h4-9,11-13H,10,14H2,1-3H3,(H,25,28). The molecule has 4 rings (SSSR count). The first-order valence-electron chi connectivity index (χ1n) is 9.85. The van der Waals surface area contributed by atoms with Gasteiger partial charge in [-0.15, -0.1) is 11.3 Å². The first-order valence-corrected chi connectivity index (χ1v) is 10.7. The number of rotatable bonds is 6. The summed E-state index contributed by atoms with van der Waals surface area (Å²) in [6, 6.07) is 17.6. The SMILES string of the molecule is Cc1ccc(C(=O)Nc2ccc(-c3noc(CCc4cccc(C)c4C)n3)cc2)s1. The number of thiophene rings is 1. The van der Waals surface area contributed by atoms with E-state index < -0.39 is 0 Å². The average Bonchev–Trinajstić information content (AvgIpc) is 3.39. The molecule has 2 aromatic heterocycles. The van der Waals surface area contributed by atoms with Gasteiger partial charge in [0.2, 0.25) is 11.7 Å². The van der Waals surface area contributed by atoms with Gasteiger partial charge in [-0.2, -0.15) is 4.98 Å². The van der Waals surface area contributed by atoms with Crippen LogP contribution in [-0.2, 0) is 12.8 Å². The lowest BCUT2D eigenvalue weighted by atomic mass is 10.00. The largest absolute Gasteiger partial charge is 0.339 e. The van der Waals surface area contributed by atoms with E-state index in [2.05, 4.69) is 47.5 Å². The number of benzene rings is 2. The molecule has 0 saturated heterocycles. The maximum atomic E-state index is 12.3. The predicted molar refractivity (Wildman–Crippen MR) is 120 cm³/mol.